The second-order valence-electron chi connectivity index (χ2n) is 10.1. The zero-order chi connectivity index (χ0) is 30.1. The van der Waals surface area contributed by atoms with Gasteiger partial charge in [0.05, 0.1) is 28.5 Å². The Balaban J connectivity index is 1.30. The van der Waals surface area contributed by atoms with E-state index >= 15 is 0 Å². The van der Waals surface area contributed by atoms with Crippen molar-refractivity contribution in [1.82, 2.24) is 24.2 Å². The Labute approximate surface area is 245 Å². The third-order valence-corrected chi connectivity index (χ3v) is 8.78. The highest BCUT2D eigenvalue weighted by atomic mass is 32.2. The first-order valence-electron chi connectivity index (χ1n) is 13.5. The molecule has 4 aromatic rings. The lowest BCUT2D eigenvalue weighted by atomic mass is 10.1. The molecule has 43 heavy (non-hydrogen) atoms. The monoisotopic (exact) mass is 608 g/mol. The molecule has 2 fully saturated rings. The number of hydrogen-bond acceptors (Lipinski definition) is 9. The maximum atomic E-state index is 14.9. The highest BCUT2D eigenvalue weighted by Gasteiger charge is 2.32. The Morgan fingerprint density at radius 2 is 1.91 bits per heavy atom. The number of alkyl halides is 1. The molecule has 4 heterocycles. The van der Waals surface area contributed by atoms with Crippen LogP contribution >= 0.6 is 0 Å². The van der Waals surface area contributed by atoms with Crippen LogP contribution in [0.1, 0.15) is 12.0 Å². The molecule has 1 atom stereocenters. The molecule has 0 aliphatic carbocycles. The molecular formula is C28H26F2N8O4S. The van der Waals surface area contributed by atoms with Crippen LogP contribution in [0.2, 0.25) is 0 Å². The van der Waals surface area contributed by atoms with Gasteiger partial charge in [0.2, 0.25) is 0 Å². The van der Waals surface area contributed by atoms with Crippen LogP contribution in [0.3, 0.4) is 0 Å². The minimum absolute atomic E-state index is 0.0200. The molecule has 2 aliphatic rings. The van der Waals surface area contributed by atoms with Gasteiger partial charge < -0.3 is 15.0 Å². The van der Waals surface area contributed by atoms with Crippen molar-refractivity contribution in [2.75, 3.05) is 48.9 Å². The van der Waals surface area contributed by atoms with E-state index in [1.165, 1.54) is 29.1 Å². The third kappa shape index (κ3) is 5.72. The van der Waals surface area contributed by atoms with Gasteiger partial charge in [0.15, 0.2) is 11.6 Å². The molecule has 2 N–H and O–H groups in total. The summed E-state index contributed by atoms with van der Waals surface area (Å²) < 4.78 is 64.2. The second kappa shape index (κ2) is 11.6. The van der Waals surface area contributed by atoms with Gasteiger partial charge in [-0.1, -0.05) is 0 Å². The van der Waals surface area contributed by atoms with Gasteiger partial charge in [-0.2, -0.15) is 18.0 Å². The molecule has 2 saturated heterocycles. The van der Waals surface area contributed by atoms with E-state index in [0.29, 0.717) is 11.2 Å². The van der Waals surface area contributed by atoms with Gasteiger partial charge in [0.1, 0.15) is 35.7 Å². The number of benzene rings is 2. The first kappa shape index (κ1) is 28.5. The van der Waals surface area contributed by atoms with Crippen molar-refractivity contribution < 1.29 is 21.9 Å². The van der Waals surface area contributed by atoms with Crippen molar-refractivity contribution in [2.45, 2.75) is 12.6 Å². The van der Waals surface area contributed by atoms with Crippen LogP contribution in [0.15, 0.2) is 59.8 Å². The van der Waals surface area contributed by atoms with E-state index in [9.17, 15) is 27.3 Å². The largest absolute Gasteiger partial charge is 0.453 e. The van der Waals surface area contributed by atoms with E-state index in [4.69, 9.17) is 4.74 Å². The SMILES string of the molecule is N#Cc1c(NS(=O)(=O)N2CCC(F)C2)ccc(F)c1Oc1ccc2ncn(-c3ccc(N4CCNCC4)nc3)c(=O)c2c1. The Morgan fingerprint density at radius 1 is 1.09 bits per heavy atom. The summed E-state index contributed by atoms with van der Waals surface area (Å²) in [6.07, 6.45) is 1.74. The standard InChI is InChI=1S/C28H26F2N8O4S/c29-18-7-10-37(16-18)43(40,41)35-25-5-3-23(30)27(22(25)14-31)42-20-2-4-24-21(13-20)28(39)38(17-34-24)19-1-6-26(33-15-19)36-11-8-32-9-12-36/h1-6,13,15,17-18,32,35H,7-12,16H2. The number of fused-ring (bicyclic) bond motifs is 1. The first-order chi connectivity index (χ1) is 20.7. The normalized spacial score (nSPS) is 17.6. The Bertz CT molecular complexity index is 1890. The predicted octanol–water partition coefficient (Wildman–Crippen LogP) is 2.69. The second-order valence-corrected chi connectivity index (χ2v) is 11.7. The number of ether oxygens (including phenoxy) is 1. The molecule has 0 radical (unpaired) electrons. The molecule has 2 aromatic carbocycles. The summed E-state index contributed by atoms with van der Waals surface area (Å²) in [5.74, 6) is -0.645. The summed E-state index contributed by atoms with van der Waals surface area (Å²) in [4.78, 5) is 24.5. The number of pyridine rings is 1. The van der Waals surface area contributed by atoms with Crippen molar-refractivity contribution >= 4 is 32.6 Å². The van der Waals surface area contributed by atoms with Gasteiger partial charge in [0.25, 0.3) is 5.56 Å². The molecule has 2 aliphatic heterocycles. The van der Waals surface area contributed by atoms with Crippen LogP contribution in [0.25, 0.3) is 16.6 Å². The van der Waals surface area contributed by atoms with E-state index < -0.39 is 39.1 Å². The maximum Gasteiger partial charge on any atom is 0.301 e. The van der Waals surface area contributed by atoms with Crippen molar-refractivity contribution in [3.8, 4) is 23.3 Å². The fourth-order valence-electron chi connectivity index (χ4n) is 5.03. The number of piperazine rings is 1. The number of rotatable bonds is 7. The van der Waals surface area contributed by atoms with Crippen molar-refractivity contribution in [2.24, 2.45) is 0 Å². The van der Waals surface area contributed by atoms with E-state index in [0.717, 1.165) is 48.4 Å². The molecule has 1 unspecified atom stereocenters. The lowest BCUT2D eigenvalue weighted by molar-refractivity contribution is 0.343. The highest BCUT2D eigenvalue weighted by molar-refractivity contribution is 7.90. The number of nitrogens with zero attached hydrogens (tertiary/aromatic N) is 6. The fourth-order valence-corrected chi connectivity index (χ4v) is 6.31. The van der Waals surface area contributed by atoms with Gasteiger partial charge in [-0.15, -0.1) is 0 Å². The molecule has 0 saturated carbocycles. The number of hydrogen-bond donors (Lipinski definition) is 2. The van der Waals surface area contributed by atoms with Gasteiger partial charge in [-0.05, 0) is 48.9 Å². The van der Waals surface area contributed by atoms with Crippen LogP contribution < -0.4 is 25.2 Å². The van der Waals surface area contributed by atoms with Crippen molar-refractivity contribution in [3.63, 3.8) is 0 Å². The first-order valence-corrected chi connectivity index (χ1v) is 14.9. The van der Waals surface area contributed by atoms with Crippen LogP contribution in [0, 0.1) is 17.1 Å². The Kier molecular flexibility index (Phi) is 7.65. The lowest BCUT2D eigenvalue weighted by Gasteiger charge is -2.28. The molecule has 6 rings (SSSR count). The third-order valence-electron chi connectivity index (χ3n) is 7.29. The molecule has 12 nitrogen and oxygen atoms in total. The number of halogens is 2. The summed E-state index contributed by atoms with van der Waals surface area (Å²) in [5.41, 5.74) is -0.217. The van der Waals surface area contributed by atoms with E-state index in [-0.39, 0.29) is 36.3 Å². The average molecular weight is 609 g/mol. The predicted molar refractivity (Wildman–Crippen MR) is 155 cm³/mol. The lowest BCUT2D eigenvalue weighted by Crippen LogP contribution is -2.43. The minimum atomic E-state index is -4.20. The number of anilines is 2. The van der Waals surface area contributed by atoms with Crippen LogP contribution in [-0.4, -0.2) is 72.7 Å². The summed E-state index contributed by atoms with van der Waals surface area (Å²) in [6, 6.07) is 11.8. The number of nitrogens with one attached hydrogen (secondary N) is 2. The van der Waals surface area contributed by atoms with E-state index in [1.807, 2.05) is 6.07 Å². The van der Waals surface area contributed by atoms with Crippen LogP contribution in [0.5, 0.6) is 11.5 Å². The highest BCUT2D eigenvalue weighted by Crippen LogP contribution is 2.34. The molecule has 15 heteroatoms. The molecule has 0 bridgehead atoms. The van der Waals surface area contributed by atoms with Gasteiger partial charge in [-0.25, -0.2) is 18.7 Å². The number of nitriles is 1. The van der Waals surface area contributed by atoms with Crippen molar-refractivity contribution in [1.29, 1.82) is 5.26 Å². The summed E-state index contributed by atoms with van der Waals surface area (Å²) in [5, 5.41) is 13.3. The molecule has 222 valence electrons. The van der Waals surface area contributed by atoms with Crippen LogP contribution in [0.4, 0.5) is 20.3 Å². The van der Waals surface area contributed by atoms with E-state index in [1.54, 1.807) is 18.3 Å². The van der Waals surface area contributed by atoms with E-state index in [2.05, 4.69) is 24.9 Å². The summed E-state index contributed by atoms with van der Waals surface area (Å²) in [6.45, 7) is 3.03. The van der Waals surface area contributed by atoms with Gasteiger partial charge >= 0.3 is 10.2 Å². The summed E-state index contributed by atoms with van der Waals surface area (Å²) >= 11 is 0. The van der Waals surface area contributed by atoms with Crippen molar-refractivity contribution in [3.05, 3.63) is 76.7 Å². The quantitative estimate of drug-likeness (QED) is 0.323. The summed E-state index contributed by atoms with van der Waals surface area (Å²) in [7, 11) is -4.20. The van der Waals surface area contributed by atoms with Gasteiger partial charge in [0, 0.05) is 39.3 Å². The topological polar surface area (TPSA) is 145 Å². The molecule has 0 spiro atoms. The number of aromatic nitrogens is 3. The zero-order valence-corrected chi connectivity index (χ0v) is 23.5. The minimum Gasteiger partial charge on any atom is -0.453 e. The van der Waals surface area contributed by atoms with Crippen LogP contribution in [-0.2, 0) is 10.2 Å². The Hall–Kier alpha value is -4.65. The Morgan fingerprint density at radius 3 is 2.60 bits per heavy atom. The smallest absolute Gasteiger partial charge is 0.301 e. The fraction of sp³-hybridized carbons (Fsp3) is 0.286. The molecule has 0 amide bonds. The molecule has 2 aromatic heterocycles. The molecular weight excluding hydrogens is 582 g/mol. The van der Waals surface area contributed by atoms with Gasteiger partial charge in [-0.3, -0.25) is 14.1 Å². The average Bonchev–Trinajstić information content (AvgIpc) is 3.47. The zero-order valence-electron chi connectivity index (χ0n) is 22.7. The maximum absolute atomic E-state index is 14.9.